The maximum Gasteiger partial charge on any atom is 0.265 e. The predicted molar refractivity (Wildman–Crippen MR) is 101 cm³/mol. The Bertz CT molecular complexity index is 707. The van der Waals surface area contributed by atoms with Crippen molar-refractivity contribution >= 4 is 11.6 Å². The van der Waals surface area contributed by atoms with E-state index in [9.17, 15) is 4.79 Å². The molecular formula is C21H25NO3. The van der Waals surface area contributed by atoms with Gasteiger partial charge in [-0.25, -0.2) is 0 Å². The molecule has 0 spiro atoms. The number of carbonyl (C=O) groups is 1. The van der Waals surface area contributed by atoms with E-state index in [-0.39, 0.29) is 5.91 Å². The summed E-state index contributed by atoms with van der Waals surface area (Å²) in [6.45, 7) is 10.0. The molecule has 2 rings (SSSR count). The molecule has 1 N–H and O–H groups in total. The van der Waals surface area contributed by atoms with Gasteiger partial charge in [0.1, 0.15) is 18.1 Å². The minimum atomic E-state index is -0.609. The molecule has 0 saturated heterocycles. The van der Waals surface area contributed by atoms with Crippen LogP contribution in [0.5, 0.6) is 11.5 Å². The molecule has 0 aliphatic carbocycles. The first-order valence-electron chi connectivity index (χ1n) is 8.41. The zero-order valence-electron chi connectivity index (χ0n) is 15.0. The van der Waals surface area contributed by atoms with Crippen LogP contribution in [0.1, 0.15) is 32.3 Å². The molecule has 1 atom stereocenters. The Labute approximate surface area is 149 Å². The van der Waals surface area contributed by atoms with Gasteiger partial charge in [0.05, 0.1) is 0 Å². The summed E-state index contributed by atoms with van der Waals surface area (Å²) in [4.78, 5) is 12.3. The highest BCUT2D eigenvalue weighted by molar-refractivity contribution is 5.94. The summed E-state index contributed by atoms with van der Waals surface area (Å²) in [5.41, 5.74) is 1.90. The second-order valence-corrected chi connectivity index (χ2v) is 6.10. The number of hydrogen-bond donors (Lipinski definition) is 1. The summed E-state index contributed by atoms with van der Waals surface area (Å²) in [5.74, 6) is 1.60. The lowest BCUT2D eigenvalue weighted by Gasteiger charge is -2.16. The van der Waals surface area contributed by atoms with E-state index >= 15 is 0 Å². The van der Waals surface area contributed by atoms with Gasteiger partial charge in [-0.2, -0.15) is 0 Å². The number of benzene rings is 2. The molecule has 0 heterocycles. The van der Waals surface area contributed by atoms with E-state index < -0.39 is 6.10 Å². The highest BCUT2D eigenvalue weighted by atomic mass is 16.5. The lowest BCUT2D eigenvalue weighted by molar-refractivity contribution is -0.122. The van der Waals surface area contributed by atoms with Gasteiger partial charge in [-0.05, 0) is 42.7 Å². The standard InChI is InChI=1S/C21H25NO3/c1-5-13-24-20-8-6-7-18(14-20)22-21(23)16(4)25-19-11-9-17(10-12-19)15(2)3/h5-12,14-16H,1,13H2,2-4H3,(H,22,23). The summed E-state index contributed by atoms with van der Waals surface area (Å²) < 4.78 is 11.2. The van der Waals surface area contributed by atoms with Gasteiger partial charge in [0.15, 0.2) is 6.10 Å². The third kappa shape index (κ3) is 5.68. The Kier molecular flexibility index (Phi) is 6.63. The molecule has 0 aliphatic rings. The fourth-order valence-corrected chi connectivity index (χ4v) is 2.25. The number of amides is 1. The van der Waals surface area contributed by atoms with Gasteiger partial charge in [-0.15, -0.1) is 0 Å². The Hall–Kier alpha value is -2.75. The highest BCUT2D eigenvalue weighted by Crippen LogP contribution is 2.21. The molecule has 2 aromatic rings. The van der Waals surface area contributed by atoms with E-state index in [4.69, 9.17) is 9.47 Å². The third-order valence-corrected chi connectivity index (χ3v) is 3.70. The minimum Gasteiger partial charge on any atom is -0.489 e. The van der Waals surface area contributed by atoms with E-state index in [1.807, 2.05) is 42.5 Å². The summed E-state index contributed by atoms with van der Waals surface area (Å²) in [6, 6.07) is 15.1. The maximum atomic E-state index is 12.3. The van der Waals surface area contributed by atoms with Crippen LogP contribution < -0.4 is 14.8 Å². The van der Waals surface area contributed by atoms with Gasteiger partial charge in [-0.3, -0.25) is 4.79 Å². The molecule has 4 nitrogen and oxygen atoms in total. The molecule has 0 aliphatic heterocycles. The lowest BCUT2D eigenvalue weighted by Crippen LogP contribution is -2.30. The van der Waals surface area contributed by atoms with Crippen molar-refractivity contribution in [2.75, 3.05) is 11.9 Å². The molecule has 2 aromatic carbocycles. The van der Waals surface area contributed by atoms with Crippen LogP contribution in [0.15, 0.2) is 61.2 Å². The largest absolute Gasteiger partial charge is 0.489 e. The van der Waals surface area contributed by atoms with Gasteiger partial charge >= 0.3 is 0 Å². The minimum absolute atomic E-state index is 0.214. The smallest absolute Gasteiger partial charge is 0.265 e. The normalized spacial score (nSPS) is 11.7. The quantitative estimate of drug-likeness (QED) is 0.704. The average Bonchev–Trinajstić information content (AvgIpc) is 2.60. The Morgan fingerprint density at radius 1 is 1.12 bits per heavy atom. The SMILES string of the molecule is C=CCOc1cccc(NC(=O)C(C)Oc2ccc(C(C)C)cc2)c1. The molecule has 1 amide bonds. The van der Waals surface area contributed by atoms with Crippen molar-refractivity contribution in [3.05, 3.63) is 66.7 Å². The summed E-state index contributed by atoms with van der Waals surface area (Å²) in [5, 5.41) is 2.84. The van der Waals surface area contributed by atoms with Crippen molar-refractivity contribution in [2.45, 2.75) is 32.8 Å². The molecule has 25 heavy (non-hydrogen) atoms. The van der Waals surface area contributed by atoms with Crippen LogP contribution in [0, 0.1) is 0 Å². The van der Waals surface area contributed by atoms with Crippen LogP contribution in [0.2, 0.25) is 0 Å². The summed E-state index contributed by atoms with van der Waals surface area (Å²) in [6.07, 6.45) is 1.06. The molecule has 0 aromatic heterocycles. The Balaban J connectivity index is 1.94. The molecule has 1 unspecified atom stereocenters. The number of nitrogens with one attached hydrogen (secondary N) is 1. The number of ether oxygens (including phenoxy) is 2. The molecule has 0 radical (unpaired) electrons. The summed E-state index contributed by atoms with van der Waals surface area (Å²) >= 11 is 0. The Morgan fingerprint density at radius 3 is 2.48 bits per heavy atom. The lowest BCUT2D eigenvalue weighted by atomic mass is 10.0. The van der Waals surface area contributed by atoms with E-state index in [0.717, 1.165) is 0 Å². The van der Waals surface area contributed by atoms with Crippen molar-refractivity contribution in [2.24, 2.45) is 0 Å². The fourth-order valence-electron chi connectivity index (χ4n) is 2.25. The maximum absolute atomic E-state index is 12.3. The van der Waals surface area contributed by atoms with Crippen molar-refractivity contribution in [1.82, 2.24) is 0 Å². The van der Waals surface area contributed by atoms with Crippen molar-refractivity contribution < 1.29 is 14.3 Å². The van der Waals surface area contributed by atoms with Crippen LogP contribution in [0.25, 0.3) is 0 Å². The van der Waals surface area contributed by atoms with Gasteiger partial charge in [0, 0.05) is 11.8 Å². The van der Waals surface area contributed by atoms with Crippen LogP contribution in [0.3, 0.4) is 0 Å². The second-order valence-electron chi connectivity index (χ2n) is 6.10. The van der Waals surface area contributed by atoms with Crippen LogP contribution in [-0.2, 0) is 4.79 Å². The molecule has 0 bridgehead atoms. The molecule has 132 valence electrons. The van der Waals surface area contributed by atoms with E-state index in [0.29, 0.717) is 29.7 Å². The van der Waals surface area contributed by atoms with Gasteiger partial charge in [0.2, 0.25) is 0 Å². The third-order valence-electron chi connectivity index (χ3n) is 3.70. The van der Waals surface area contributed by atoms with Crippen molar-refractivity contribution in [1.29, 1.82) is 0 Å². The van der Waals surface area contributed by atoms with Crippen molar-refractivity contribution in [3.63, 3.8) is 0 Å². The summed E-state index contributed by atoms with van der Waals surface area (Å²) in [7, 11) is 0. The van der Waals surface area contributed by atoms with Crippen molar-refractivity contribution in [3.8, 4) is 11.5 Å². The monoisotopic (exact) mass is 339 g/mol. The predicted octanol–water partition coefficient (Wildman–Crippen LogP) is 4.78. The Morgan fingerprint density at radius 2 is 1.84 bits per heavy atom. The van der Waals surface area contributed by atoms with Gasteiger partial charge < -0.3 is 14.8 Å². The zero-order valence-corrected chi connectivity index (χ0v) is 15.0. The molecular weight excluding hydrogens is 314 g/mol. The van der Waals surface area contributed by atoms with Gasteiger partial charge in [0.25, 0.3) is 5.91 Å². The van der Waals surface area contributed by atoms with E-state index in [2.05, 4.69) is 25.7 Å². The molecule has 4 heteroatoms. The van der Waals surface area contributed by atoms with Crippen LogP contribution >= 0.6 is 0 Å². The average molecular weight is 339 g/mol. The van der Waals surface area contributed by atoms with E-state index in [1.165, 1.54) is 5.56 Å². The van der Waals surface area contributed by atoms with Crippen LogP contribution in [-0.4, -0.2) is 18.6 Å². The van der Waals surface area contributed by atoms with Crippen LogP contribution in [0.4, 0.5) is 5.69 Å². The number of carbonyl (C=O) groups excluding carboxylic acids is 1. The second kappa shape index (κ2) is 8.92. The first-order chi connectivity index (χ1) is 12.0. The highest BCUT2D eigenvalue weighted by Gasteiger charge is 2.15. The number of anilines is 1. The molecule has 0 fully saturated rings. The number of hydrogen-bond acceptors (Lipinski definition) is 3. The number of rotatable bonds is 8. The topological polar surface area (TPSA) is 47.6 Å². The fraction of sp³-hybridized carbons (Fsp3) is 0.286. The first-order valence-corrected chi connectivity index (χ1v) is 8.41. The first kappa shape index (κ1) is 18.6. The molecule has 0 saturated carbocycles. The van der Waals surface area contributed by atoms with E-state index in [1.54, 1.807) is 19.1 Å². The zero-order chi connectivity index (χ0) is 18.2. The van der Waals surface area contributed by atoms with Gasteiger partial charge in [-0.1, -0.05) is 44.7 Å².